The van der Waals surface area contributed by atoms with E-state index in [2.05, 4.69) is 32.4 Å². The summed E-state index contributed by atoms with van der Waals surface area (Å²) < 4.78 is 15.1. The van der Waals surface area contributed by atoms with E-state index in [0.29, 0.717) is 17.2 Å². The molecule has 0 saturated heterocycles. The number of nitrogens with zero attached hydrogens (tertiary/aromatic N) is 1. The largest absolute Gasteiger partial charge is 0.294 e. The molecule has 4 heteroatoms. The third-order valence-electron chi connectivity index (χ3n) is 7.84. The summed E-state index contributed by atoms with van der Waals surface area (Å²) in [6.45, 7) is 10.7. The van der Waals surface area contributed by atoms with Gasteiger partial charge in [-0.1, -0.05) is 33.4 Å². The molecule has 3 nitrogen and oxygen atoms in total. The van der Waals surface area contributed by atoms with Crippen LogP contribution < -0.4 is 5.56 Å². The summed E-state index contributed by atoms with van der Waals surface area (Å²) in [7, 11) is 0. The average molecular weight is 324 g/mol. The van der Waals surface area contributed by atoms with Crippen LogP contribution in [0.25, 0.3) is 11.8 Å². The molecule has 2 fully saturated rings. The average Bonchev–Trinajstić information content (AvgIpc) is 2.71. The number of aromatic nitrogens is 2. The Hall–Kier alpha value is -2.10. The smallest absolute Gasteiger partial charge is 0.275 e. The van der Waals surface area contributed by atoms with Crippen LogP contribution in [0.5, 0.6) is 0 Å². The number of fused-ring (bicyclic) bond motifs is 3. The van der Waals surface area contributed by atoms with Gasteiger partial charge in [-0.25, -0.2) is 9.07 Å². The van der Waals surface area contributed by atoms with E-state index in [1.807, 2.05) is 0 Å². The fraction of sp³-hybridized carbons (Fsp3) is 0.450. The lowest BCUT2D eigenvalue weighted by Crippen LogP contribution is -2.33. The molecule has 1 heterocycles. The Morgan fingerprint density at radius 1 is 1.38 bits per heavy atom. The Morgan fingerprint density at radius 2 is 2.12 bits per heavy atom. The van der Waals surface area contributed by atoms with Crippen LogP contribution in [0.3, 0.4) is 0 Å². The lowest BCUT2D eigenvalue weighted by atomic mass is 9.65. The van der Waals surface area contributed by atoms with Crippen LogP contribution in [-0.2, 0) is 5.41 Å². The first-order valence-electron chi connectivity index (χ1n) is 8.59. The maximum atomic E-state index is 13.5. The minimum absolute atomic E-state index is 0.0213. The highest BCUT2D eigenvalue weighted by molar-refractivity contribution is 5.62. The van der Waals surface area contributed by atoms with Gasteiger partial charge in [0.15, 0.2) is 0 Å². The van der Waals surface area contributed by atoms with Gasteiger partial charge in [-0.2, -0.15) is 0 Å². The highest BCUT2D eigenvalue weighted by Gasteiger charge is 2.89. The van der Waals surface area contributed by atoms with Crippen molar-refractivity contribution in [1.29, 1.82) is 0 Å². The summed E-state index contributed by atoms with van der Waals surface area (Å²) in [6.07, 6.45) is 3.89. The summed E-state index contributed by atoms with van der Waals surface area (Å²) in [5, 5.41) is 3.39. The Balaban J connectivity index is 1.75. The van der Waals surface area contributed by atoms with Gasteiger partial charge in [-0.05, 0) is 47.8 Å². The molecule has 2 aromatic rings. The number of hydrogen-bond acceptors (Lipinski definition) is 1. The lowest BCUT2D eigenvalue weighted by molar-refractivity contribution is 0.171. The van der Waals surface area contributed by atoms with Gasteiger partial charge in [-0.15, -0.1) is 0 Å². The molecule has 1 spiro atoms. The fourth-order valence-corrected chi connectivity index (χ4v) is 6.30. The molecule has 2 saturated carbocycles. The van der Waals surface area contributed by atoms with Crippen molar-refractivity contribution in [3.05, 3.63) is 57.8 Å². The van der Waals surface area contributed by atoms with Crippen LogP contribution in [0, 0.1) is 16.6 Å². The molecule has 1 aromatic heterocycles. The molecule has 24 heavy (non-hydrogen) atoms. The molecule has 0 amide bonds. The van der Waals surface area contributed by atoms with E-state index in [1.165, 1.54) is 18.6 Å². The van der Waals surface area contributed by atoms with Crippen LogP contribution in [0.4, 0.5) is 4.39 Å². The summed E-state index contributed by atoms with van der Waals surface area (Å²) >= 11 is 0. The molecule has 1 N–H and O–H groups in total. The van der Waals surface area contributed by atoms with Gasteiger partial charge in [0, 0.05) is 22.2 Å². The highest BCUT2D eigenvalue weighted by atomic mass is 19.1. The Bertz CT molecular complexity index is 982. The SMILES string of the molecule is C=Cc1cc(F)ccc1-n1[nH]c2c(c1=O)[C@@H]1CCC13C(C)(C)[C@@]23C. The first-order chi connectivity index (χ1) is 11.3. The monoisotopic (exact) mass is 324 g/mol. The number of hydrogen-bond donors (Lipinski definition) is 1. The summed E-state index contributed by atoms with van der Waals surface area (Å²) in [6, 6.07) is 4.45. The number of halogens is 1. The third kappa shape index (κ3) is 1.11. The molecule has 3 atom stereocenters. The van der Waals surface area contributed by atoms with Gasteiger partial charge in [0.25, 0.3) is 5.56 Å². The quantitative estimate of drug-likeness (QED) is 0.886. The van der Waals surface area contributed by atoms with E-state index in [0.717, 1.165) is 17.7 Å². The van der Waals surface area contributed by atoms with Crippen molar-refractivity contribution in [3.63, 3.8) is 0 Å². The molecular weight excluding hydrogens is 303 g/mol. The second kappa shape index (κ2) is 3.76. The highest BCUT2D eigenvalue weighted by Crippen LogP contribution is 2.92. The first kappa shape index (κ1) is 14.3. The summed E-state index contributed by atoms with van der Waals surface area (Å²) in [5.74, 6) is 0.0409. The topological polar surface area (TPSA) is 37.8 Å². The van der Waals surface area contributed by atoms with Crippen molar-refractivity contribution in [2.24, 2.45) is 10.8 Å². The van der Waals surface area contributed by atoms with Crippen LogP contribution >= 0.6 is 0 Å². The Kier molecular flexibility index (Phi) is 2.24. The van der Waals surface area contributed by atoms with Crippen LogP contribution in [0.15, 0.2) is 29.6 Å². The van der Waals surface area contributed by atoms with Crippen molar-refractivity contribution in [2.75, 3.05) is 0 Å². The molecule has 1 unspecified atom stereocenters. The van der Waals surface area contributed by atoms with Crippen molar-refractivity contribution in [3.8, 4) is 5.69 Å². The number of benzene rings is 1. The molecule has 1 aromatic carbocycles. The van der Waals surface area contributed by atoms with E-state index in [4.69, 9.17) is 0 Å². The third-order valence-corrected chi connectivity index (χ3v) is 7.84. The zero-order valence-corrected chi connectivity index (χ0v) is 14.2. The van der Waals surface area contributed by atoms with E-state index < -0.39 is 0 Å². The molecule has 0 radical (unpaired) electrons. The maximum absolute atomic E-state index is 13.5. The molecule has 0 aliphatic heterocycles. The van der Waals surface area contributed by atoms with E-state index in [1.54, 1.807) is 16.8 Å². The zero-order chi connectivity index (χ0) is 17.1. The molecule has 3 aliphatic rings. The minimum Gasteiger partial charge on any atom is -0.294 e. The van der Waals surface area contributed by atoms with Gasteiger partial charge in [0.1, 0.15) is 5.82 Å². The Labute approximate surface area is 140 Å². The summed E-state index contributed by atoms with van der Waals surface area (Å²) in [4.78, 5) is 13.1. The number of H-pyrrole nitrogens is 1. The zero-order valence-electron chi connectivity index (χ0n) is 14.2. The Morgan fingerprint density at radius 3 is 2.75 bits per heavy atom. The first-order valence-corrected chi connectivity index (χ1v) is 8.59. The number of aromatic amines is 1. The van der Waals surface area contributed by atoms with Crippen molar-refractivity contribution >= 4 is 6.08 Å². The van der Waals surface area contributed by atoms with Gasteiger partial charge >= 0.3 is 0 Å². The van der Waals surface area contributed by atoms with Crippen molar-refractivity contribution < 1.29 is 4.39 Å². The van der Waals surface area contributed by atoms with Gasteiger partial charge in [-0.3, -0.25) is 9.89 Å². The normalized spacial score (nSPS) is 34.1. The van der Waals surface area contributed by atoms with Crippen molar-refractivity contribution in [1.82, 2.24) is 9.78 Å². The summed E-state index contributed by atoms with van der Waals surface area (Å²) in [5.41, 5.74) is 3.89. The predicted octanol–water partition coefficient (Wildman–Crippen LogP) is 4.12. The van der Waals surface area contributed by atoms with Gasteiger partial charge in [0.2, 0.25) is 0 Å². The lowest BCUT2D eigenvalue weighted by Gasteiger charge is -2.38. The van der Waals surface area contributed by atoms with Crippen molar-refractivity contribution in [2.45, 2.75) is 44.9 Å². The molecule has 124 valence electrons. The van der Waals surface area contributed by atoms with Crippen LogP contribution in [-0.4, -0.2) is 9.78 Å². The van der Waals surface area contributed by atoms with E-state index in [9.17, 15) is 9.18 Å². The molecule has 3 aliphatic carbocycles. The van der Waals surface area contributed by atoms with E-state index >= 15 is 0 Å². The molecular formula is C20H21FN2O. The maximum Gasteiger partial charge on any atom is 0.275 e. The number of rotatable bonds is 2. The fourth-order valence-electron chi connectivity index (χ4n) is 6.30. The second-order valence-corrected chi connectivity index (χ2v) is 8.26. The van der Waals surface area contributed by atoms with Crippen LogP contribution in [0.2, 0.25) is 0 Å². The van der Waals surface area contributed by atoms with Gasteiger partial charge in [0.05, 0.1) is 5.69 Å². The van der Waals surface area contributed by atoms with Gasteiger partial charge < -0.3 is 0 Å². The number of nitrogens with one attached hydrogen (secondary N) is 1. The predicted molar refractivity (Wildman–Crippen MR) is 92.0 cm³/mol. The molecule has 0 bridgehead atoms. The van der Waals surface area contributed by atoms with Crippen LogP contribution in [0.1, 0.15) is 56.4 Å². The molecule has 5 rings (SSSR count). The second-order valence-electron chi connectivity index (χ2n) is 8.26. The minimum atomic E-state index is -0.325. The van der Waals surface area contributed by atoms with E-state index in [-0.39, 0.29) is 27.6 Å². The standard InChI is InChI=1S/C20H21FN2O/c1-5-11-10-12(21)6-7-14(11)23-17(24)15-13-8-9-20(13)18(2,3)19(20,4)16(15)22-23/h5-7,10,13,22H,1,8-9H2,2-4H3/t13-,19+,20?/m0/s1.